The van der Waals surface area contributed by atoms with Gasteiger partial charge in [0.15, 0.2) is 0 Å². The second kappa shape index (κ2) is 6.58. The van der Waals surface area contributed by atoms with Crippen molar-refractivity contribution in [2.45, 2.75) is 72.0 Å². The van der Waals surface area contributed by atoms with E-state index < -0.39 is 0 Å². The first-order valence-corrected chi connectivity index (χ1v) is 8.34. The van der Waals surface area contributed by atoms with Crippen molar-refractivity contribution in [3.05, 3.63) is 0 Å². The minimum atomic E-state index is -0.139. The van der Waals surface area contributed by atoms with Gasteiger partial charge in [0, 0.05) is 0 Å². The van der Waals surface area contributed by atoms with Crippen molar-refractivity contribution in [1.82, 2.24) is 0 Å². The number of fused-ring (bicyclic) bond motifs is 1. The zero-order valence-corrected chi connectivity index (χ0v) is 13.1. The monoisotopic (exact) mass is 268 g/mol. The third kappa shape index (κ3) is 3.33. The Morgan fingerprint density at radius 3 is 2.53 bits per heavy atom. The number of aliphatic hydroxyl groups excluding tert-OH is 1. The van der Waals surface area contributed by atoms with Crippen LogP contribution in [0.15, 0.2) is 0 Å². The van der Waals surface area contributed by atoms with Crippen LogP contribution in [-0.4, -0.2) is 23.9 Å². The molecule has 0 aromatic heterocycles. The molecular weight excluding hydrogens is 236 g/mol. The van der Waals surface area contributed by atoms with Gasteiger partial charge in [-0.3, -0.25) is 0 Å². The molecule has 2 aliphatic rings. The van der Waals surface area contributed by atoms with Crippen LogP contribution < -0.4 is 0 Å². The first-order chi connectivity index (χ1) is 9.04. The molecule has 2 heteroatoms. The number of rotatable bonds is 3. The lowest BCUT2D eigenvalue weighted by Crippen LogP contribution is -2.41. The number of hydrogen-bond acceptors (Lipinski definition) is 2. The minimum absolute atomic E-state index is 0.139. The molecule has 1 N–H and O–H groups in total. The largest absolute Gasteiger partial charge is 0.393 e. The first kappa shape index (κ1) is 15.3. The van der Waals surface area contributed by atoms with Gasteiger partial charge in [-0.1, -0.05) is 27.2 Å². The van der Waals surface area contributed by atoms with Crippen molar-refractivity contribution < 1.29 is 9.84 Å². The van der Waals surface area contributed by atoms with Gasteiger partial charge >= 0.3 is 0 Å². The van der Waals surface area contributed by atoms with Gasteiger partial charge in [-0.05, 0) is 62.2 Å². The normalized spacial score (nSPS) is 43.1. The average molecular weight is 268 g/mol. The van der Waals surface area contributed by atoms with E-state index in [2.05, 4.69) is 27.7 Å². The maximum absolute atomic E-state index is 10.2. The highest BCUT2D eigenvalue weighted by atomic mass is 16.5. The number of hydrogen-bond donors (Lipinski definition) is 1. The summed E-state index contributed by atoms with van der Waals surface area (Å²) in [6.45, 7) is 9.89. The molecule has 0 spiro atoms. The highest BCUT2D eigenvalue weighted by Gasteiger charge is 2.42. The van der Waals surface area contributed by atoms with E-state index in [-0.39, 0.29) is 6.10 Å². The molecule has 2 fully saturated rings. The Morgan fingerprint density at radius 2 is 1.84 bits per heavy atom. The molecule has 2 rings (SSSR count). The van der Waals surface area contributed by atoms with Crippen molar-refractivity contribution in [3.8, 4) is 0 Å². The van der Waals surface area contributed by atoms with Crippen molar-refractivity contribution in [2.75, 3.05) is 6.61 Å². The van der Waals surface area contributed by atoms with Crippen LogP contribution in [0.2, 0.25) is 0 Å². The van der Waals surface area contributed by atoms with Gasteiger partial charge in [0.25, 0.3) is 0 Å². The zero-order valence-electron chi connectivity index (χ0n) is 13.1. The van der Waals surface area contributed by atoms with Crippen LogP contribution in [0.5, 0.6) is 0 Å². The zero-order chi connectivity index (χ0) is 14.0. The third-order valence-corrected chi connectivity index (χ3v) is 5.97. The molecule has 0 aromatic rings. The summed E-state index contributed by atoms with van der Waals surface area (Å²) in [5.74, 6) is 3.39. The predicted molar refractivity (Wildman–Crippen MR) is 79.0 cm³/mol. The maximum Gasteiger partial charge on any atom is 0.0565 e. The van der Waals surface area contributed by atoms with E-state index in [0.29, 0.717) is 23.9 Å². The second-order valence-electron chi connectivity index (χ2n) is 7.10. The lowest BCUT2D eigenvalue weighted by atomic mass is 9.62. The summed E-state index contributed by atoms with van der Waals surface area (Å²) >= 11 is 0. The van der Waals surface area contributed by atoms with E-state index in [9.17, 15) is 5.11 Å². The molecule has 0 aromatic carbocycles. The van der Waals surface area contributed by atoms with Gasteiger partial charge in [-0.25, -0.2) is 0 Å². The molecule has 1 aliphatic carbocycles. The summed E-state index contributed by atoms with van der Waals surface area (Å²) in [4.78, 5) is 0. The summed E-state index contributed by atoms with van der Waals surface area (Å²) in [6.07, 6.45) is 6.30. The Bertz CT molecular complexity index is 278. The van der Waals surface area contributed by atoms with Crippen LogP contribution in [0.4, 0.5) is 0 Å². The SMILES string of the molecule is CC[C@@H](O)[C@H](C)[C@@H]1CC[C@@H](C)[C@@H]2CCC(C)OCC12. The summed E-state index contributed by atoms with van der Waals surface area (Å²) in [7, 11) is 0. The van der Waals surface area contributed by atoms with Crippen LogP contribution in [0, 0.1) is 29.6 Å². The molecule has 1 saturated heterocycles. The molecule has 7 atom stereocenters. The maximum atomic E-state index is 10.2. The average Bonchev–Trinajstić information content (AvgIpc) is 2.61. The fourth-order valence-corrected chi connectivity index (χ4v) is 4.46. The van der Waals surface area contributed by atoms with E-state index >= 15 is 0 Å². The smallest absolute Gasteiger partial charge is 0.0565 e. The van der Waals surface area contributed by atoms with Crippen LogP contribution in [-0.2, 0) is 4.74 Å². The van der Waals surface area contributed by atoms with E-state index in [4.69, 9.17) is 4.74 Å². The highest BCUT2D eigenvalue weighted by molar-refractivity contribution is 4.91. The molecule has 2 nitrogen and oxygen atoms in total. The second-order valence-corrected chi connectivity index (χ2v) is 7.10. The summed E-state index contributed by atoms with van der Waals surface area (Å²) in [5, 5.41) is 10.2. The van der Waals surface area contributed by atoms with Gasteiger partial charge in [-0.2, -0.15) is 0 Å². The third-order valence-electron chi connectivity index (χ3n) is 5.97. The number of ether oxygens (including phenoxy) is 1. The first-order valence-electron chi connectivity index (χ1n) is 8.34. The van der Waals surface area contributed by atoms with Crippen LogP contribution in [0.25, 0.3) is 0 Å². The Kier molecular flexibility index (Phi) is 5.30. The van der Waals surface area contributed by atoms with Gasteiger partial charge in [0.2, 0.25) is 0 Å². The van der Waals surface area contributed by atoms with Crippen LogP contribution >= 0.6 is 0 Å². The molecule has 0 radical (unpaired) electrons. The molecule has 2 unspecified atom stereocenters. The van der Waals surface area contributed by atoms with Crippen LogP contribution in [0.1, 0.15) is 59.8 Å². The Morgan fingerprint density at radius 1 is 1.11 bits per heavy atom. The standard InChI is InChI=1S/C17H32O2/c1-5-17(18)13(4)15-8-6-11(2)14-9-7-12(3)19-10-16(14)15/h11-18H,5-10H2,1-4H3/t11-,12?,13-,14+,15+,16?,17-/m1/s1. The van der Waals surface area contributed by atoms with Crippen molar-refractivity contribution >= 4 is 0 Å². The molecule has 1 heterocycles. The molecule has 112 valence electrons. The van der Waals surface area contributed by atoms with E-state index in [1.807, 2.05) is 0 Å². The van der Waals surface area contributed by atoms with Gasteiger partial charge < -0.3 is 9.84 Å². The quantitative estimate of drug-likeness (QED) is 0.842. The number of aliphatic hydroxyl groups is 1. The summed E-state index contributed by atoms with van der Waals surface area (Å²) in [5.41, 5.74) is 0. The summed E-state index contributed by atoms with van der Waals surface area (Å²) in [6, 6.07) is 0. The molecule has 0 amide bonds. The molecule has 19 heavy (non-hydrogen) atoms. The van der Waals surface area contributed by atoms with Gasteiger partial charge in [0.1, 0.15) is 0 Å². The topological polar surface area (TPSA) is 29.5 Å². The Balaban J connectivity index is 2.11. The lowest BCUT2D eigenvalue weighted by Gasteiger charge is -2.44. The fraction of sp³-hybridized carbons (Fsp3) is 1.00. The van der Waals surface area contributed by atoms with Gasteiger partial charge in [-0.15, -0.1) is 0 Å². The predicted octanol–water partition coefficient (Wildman–Crippen LogP) is 3.87. The van der Waals surface area contributed by atoms with Crippen molar-refractivity contribution in [1.29, 1.82) is 0 Å². The van der Waals surface area contributed by atoms with Gasteiger partial charge in [0.05, 0.1) is 18.8 Å². The van der Waals surface area contributed by atoms with Crippen molar-refractivity contribution in [3.63, 3.8) is 0 Å². The van der Waals surface area contributed by atoms with E-state index in [0.717, 1.165) is 24.9 Å². The van der Waals surface area contributed by atoms with Crippen molar-refractivity contribution in [2.24, 2.45) is 29.6 Å². The molecular formula is C17H32O2. The van der Waals surface area contributed by atoms with Crippen LogP contribution in [0.3, 0.4) is 0 Å². The van der Waals surface area contributed by atoms with E-state index in [1.54, 1.807) is 0 Å². The lowest BCUT2D eigenvalue weighted by molar-refractivity contribution is -0.0342. The molecule has 0 bridgehead atoms. The molecule has 1 saturated carbocycles. The minimum Gasteiger partial charge on any atom is -0.393 e. The Labute approximate surface area is 118 Å². The summed E-state index contributed by atoms with van der Waals surface area (Å²) < 4.78 is 6.03. The molecule has 1 aliphatic heterocycles. The Hall–Kier alpha value is -0.0800. The highest BCUT2D eigenvalue weighted by Crippen LogP contribution is 2.46. The fourth-order valence-electron chi connectivity index (χ4n) is 4.46. The van der Waals surface area contributed by atoms with E-state index in [1.165, 1.54) is 25.7 Å².